The third-order valence-corrected chi connectivity index (χ3v) is 3.02. The highest BCUT2D eigenvalue weighted by molar-refractivity contribution is 5.89. The van der Waals surface area contributed by atoms with Crippen LogP contribution in [0.3, 0.4) is 0 Å². The predicted octanol–water partition coefficient (Wildman–Crippen LogP) is 2.24. The molecule has 1 heterocycles. The number of amides is 2. The van der Waals surface area contributed by atoms with Crippen molar-refractivity contribution in [3.63, 3.8) is 0 Å². The first kappa shape index (κ1) is 14.3. The number of rotatable bonds is 2. The number of nitrogens with one attached hydrogen (secondary N) is 1. The van der Waals surface area contributed by atoms with E-state index < -0.39 is 4.92 Å². The van der Waals surface area contributed by atoms with Gasteiger partial charge in [-0.1, -0.05) is 6.07 Å². The fourth-order valence-electron chi connectivity index (χ4n) is 2.24. The summed E-state index contributed by atoms with van der Waals surface area (Å²) in [4.78, 5) is 24.0. The van der Waals surface area contributed by atoms with Crippen LogP contribution in [0.15, 0.2) is 24.3 Å². The molecule has 1 saturated heterocycles. The number of nitrogens with zero attached hydrogens (tertiary/aromatic N) is 2. The van der Waals surface area contributed by atoms with Crippen molar-refractivity contribution in [3.8, 4) is 0 Å². The number of non-ortho nitro benzene ring substituents is 1. The monoisotopic (exact) mass is 279 g/mol. The molecule has 7 heteroatoms. The average molecular weight is 279 g/mol. The molecule has 1 aliphatic heterocycles. The number of carbonyl (C=O) groups is 1. The normalized spacial score (nSPS) is 22.4. The number of carbonyl (C=O) groups excluding carboxylic acids is 1. The SMILES string of the molecule is C[C@@H]1CN(C(=O)Nc2cccc([N+](=O)[O-])c2)C[C@H](C)O1. The number of ether oxygens (including phenoxy) is 1. The molecule has 1 aliphatic rings. The molecule has 0 unspecified atom stereocenters. The lowest BCUT2D eigenvalue weighted by Gasteiger charge is -2.35. The van der Waals surface area contributed by atoms with E-state index in [9.17, 15) is 14.9 Å². The highest BCUT2D eigenvalue weighted by Crippen LogP contribution is 2.18. The lowest BCUT2D eigenvalue weighted by Crippen LogP contribution is -2.49. The third kappa shape index (κ3) is 3.45. The summed E-state index contributed by atoms with van der Waals surface area (Å²) >= 11 is 0. The Morgan fingerprint density at radius 2 is 2.05 bits per heavy atom. The van der Waals surface area contributed by atoms with Crippen molar-refractivity contribution in [1.82, 2.24) is 4.90 Å². The van der Waals surface area contributed by atoms with Gasteiger partial charge in [0.1, 0.15) is 0 Å². The quantitative estimate of drug-likeness (QED) is 0.664. The Morgan fingerprint density at radius 1 is 1.40 bits per heavy atom. The molecule has 2 atom stereocenters. The van der Waals surface area contributed by atoms with Crippen LogP contribution in [0.25, 0.3) is 0 Å². The van der Waals surface area contributed by atoms with Crippen LogP contribution in [0, 0.1) is 10.1 Å². The molecule has 2 amide bonds. The Labute approximate surface area is 116 Å². The number of benzene rings is 1. The highest BCUT2D eigenvalue weighted by Gasteiger charge is 2.26. The van der Waals surface area contributed by atoms with Crippen molar-refractivity contribution >= 4 is 17.4 Å². The van der Waals surface area contributed by atoms with E-state index in [1.807, 2.05) is 13.8 Å². The zero-order valence-electron chi connectivity index (χ0n) is 11.4. The summed E-state index contributed by atoms with van der Waals surface area (Å²) < 4.78 is 5.56. The summed E-state index contributed by atoms with van der Waals surface area (Å²) in [5.74, 6) is 0. The lowest BCUT2D eigenvalue weighted by molar-refractivity contribution is -0.384. The van der Waals surface area contributed by atoms with Crippen LogP contribution in [0.2, 0.25) is 0 Å². The van der Waals surface area contributed by atoms with Gasteiger partial charge in [-0.05, 0) is 19.9 Å². The molecule has 7 nitrogen and oxygen atoms in total. The lowest BCUT2D eigenvalue weighted by atomic mass is 10.2. The number of nitro benzene ring substituents is 1. The first-order valence-electron chi connectivity index (χ1n) is 6.41. The first-order valence-corrected chi connectivity index (χ1v) is 6.41. The molecule has 20 heavy (non-hydrogen) atoms. The number of urea groups is 1. The minimum absolute atomic E-state index is 0.0189. The van der Waals surface area contributed by atoms with Crippen molar-refractivity contribution in [2.75, 3.05) is 18.4 Å². The van der Waals surface area contributed by atoms with E-state index in [0.29, 0.717) is 18.8 Å². The Balaban J connectivity index is 2.04. The van der Waals surface area contributed by atoms with Crippen molar-refractivity contribution < 1.29 is 14.5 Å². The van der Waals surface area contributed by atoms with E-state index in [4.69, 9.17) is 4.74 Å². The summed E-state index contributed by atoms with van der Waals surface area (Å²) in [6.07, 6.45) is -0.0378. The van der Waals surface area contributed by atoms with E-state index in [-0.39, 0.29) is 23.9 Å². The van der Waals surface area contributed by atoms with Crippen LogP contribution >= 0.6 is 0 Å². The van der Waals surface area contributed by atoms with Gasteiger partial charge in [-0.15, -0.1) is 0 Å². The van der Waals surface area contributed by atoms with Crippen LogP contribution < -0.4 is 5.32 Å². The Morgan fingerprint density at radius 3 is 2.65 bits per heavy atom. The maximum absolute atomic E-state index is 12.1. The molecule has 0 bridgehead atoms. The number of anilines is 1. The van der Waals surface area contributed by atoms with Gasteiger partial charge in [-0.25, -0.2) is 4.79 Å². The molecule has 0 saturated carbocycles. The summed E-state index contributed by atoms with van der Waals surface area (Å²) in [6.45, 7) is 4.82. The van der Waals surface area contributed by atoms with Gasteiger partial charge in [0.2, 0.25) is 0 Å². The average Bonchev–Trinajstić information content (AvgIpc) is 2.37. The standard InChI is InChI=1S/C13H17N3O4/c1-9-7-15(8-10(2)20-9)13(17)14-11-4-3-5-12(6-11)16(18)19/h3-6,9-10H,7-8H2,1-2H3,(H,14,17)/t9-,10+. The molecular weight excluding hydrogens is 262 g/mol. The smallest absolute Gasteiger partial charge is 0.322 e. The molecule has 1 aromatic rings. The van der Waals surface area contributed by atoms with Gasteiger partial charge in [0.15, 0.2) is 0 Å². The van der Waals surface area contributed by atoms with E-state index >= 15 is 0 Å². The molecule has 1 aromatic carbocycles. The van der Waals surface area contributed by atoms with Crippen LogP contribution in [-0.2, 0) is 4.74 Å². The first-order chi connectivity index (χ1) is 9.45. The fraction of sp³-hybridized carbons (Fsp3) is 0.462. The molecule has 0 radical (unpaired) electrons. The van der Waals surface area contributed by atoms with Crippen LogP contribution in [0.4, 0.5) is 16.2 Å². The maximum Gasteiger partial charge on any atom is 0.322 e. The van der Waals surface area contributed by atoms with E-state index in [1.54, 1.807) is 11.0 Å². The van der Waals surface area contributed by atoms with Gasteiger partial charge in [0.05, 0.1) is 17.1 Å². The second-order valence-corrected chi connectivity index (χ2v) is 4.90. The molecule has 0 aliphatic carbocycles. The Kier molecular flexibility index (Phi) is 4.19. The summed E-state index contributed by atoms with van der Waals surface area (Å²) in [6, 6.07) is 5.61. The number of hydrogen-bond donors (Lipinski definition) is 1. The maximum atomic E-state index is 12.1. The van der Waals surface area contributed by atoms with Gasteiger partial charge in [-0.2, -0.15) is 0 Å². The zero-order chi connectivity index (χ0) is 14.7. The number of hydrogen-bond acceptors (Lipinski definition) is 4. The second kappa shape index (κ2) is 5.87. The zero-order valence-corrected chi connectivity index (χ0v) is 11.4. The molecule has 1 N–H and O–H groups in total. The molecule has 0 spiro atoms. The molecule has 2 rings (SSSR count). The Bertz CT molecular complexity index is 510. The molecule has 108 valence electrons. The van der Waals surface area contributed by atoms with Crippen molar-refractivity contribution in [2.24, 2.45) is 0 Å². The van der Waals surface area contributed by atoms with Crippen molar-refractivity contribution in [2.45, 2.75) is 26.1 Å². The molecule has 0 aromatic heterocycles. The summed E-state index contributed by atoms with van der Waals surface area (Å²) in [5, 5.41) is 13.4. The van der Waals surface area contributed by atoms with Crippen LogP contribution in [-0.4, -0.2) is 41.2 Å². The van der Waals surface area contributed by atoms with Crippen LogP contribution in [0.5, 0.6) is 0 Å². The van der Waals surface area contributed by atoms with Gasteiger partial charge in [0.25, 0.3) is 5.69 Å². The molecule has 1 fully saturated rings. The van der Waals surface area contributed by atoms with Gasteiger partial charge in [-0.3, -0.25) is 10.1 Å². The van der Waals surface area contributed by atoms with E-state index in [1.165, 1.54) is 18.2 Å². The van der Waals surface area contributed by atoms with E-state index in [2.05, 4.69) is 5.32 Å². The van der Waals surface area contributed by atoms with Crippen molar-refractivity contribution in [3.05, 3.63) is 34.4 Å². The fourth-order valence-corrected chi connectivity index (χ4v) is 2.24. The minimum atomic E-state index is -0.492. The van der Waals surface area contributed by atoms with E-state index in [0.717, 1.165) is 0 Å². The molecular formula is C13H17N3O4. The summed E-state index contributed by atoms with van der Waals surface area (Å²) in [5.41, 5.74) is 0.363. The Hall–Kier alpha value is -2.15. The van der Waals surface area contributed by atoms with Gasteiger partial charge >= 0.3 is 6.03 Å². The summed E-state index contributed by atoms with van der Waals surface area (Å²) in [7, 11) is 0. The van der Waals surface area contributed by atoms with Crippen molar-refractivity contribution in [1.29, 1.82) is 0 Å². The number of morpholine rings is 1. The minimum Gasteiger partial charge on any atom is -0.372 e. The third-order valence-electron chi connectivity index (χ3n) is 3.02. The second-order valence-electron chi connectivity index (χ2n) is 4.90. The topological polar surface area (TPSA) is 84.7 Å². The van der Waals surface area contributed by atoms with Crippen LogP contribution in [0.1, 0.15) is 13.8 Å². The van der Waals surface area contributed by atoms with Gasteiger partial charge < -0.3 is 15.0 Å². The highest BCUT2D eigenvalue weighted by atomic mass is 16.6. The van der Waals surface area contributed by atoms with Gasteiger partial charge in [0, 0.05) is 30.9 Å². The number of nitro groups is 1. The largest absolute Gasteiger partial charge is 0.372 e. The predicted molar refractivity (Wildman–Crippen MR) is 73.7 cm³/mol.